The van der Waals surface area contributed by atoms with Gasteiger partial charge in [0.05, 0.1) is 6.10 Å². The lowest BCUT2D eigenvalue weighted by atomic mass is 9.87. The van der Waals surface area contributed by atoms with Crippen molar-refractivity contribution in [3.05, 3.63) is 0 Å². The molecule has 2 rings (SSSR count). The summed E-state index contributed by atoms with van der Waals surface area (Å²) in [7, 11) is 0. The van der Waals surface area contributed by atoms with E-state index in [-0.39, 0.29) is 18.6 Å². The van der Waals surface area contributed by atoms with Crippen LogP contribution in [-0.2, 0) is 0 Å². The Kier molecular flexibility index (Phi) is 1.74. The topological polar surface area (TPSA) is 40.5 Å². The highest BCUT2D eigenvalue weighted by molar-refractivity contribution is 5.09. The summed E-state index contributed by atoms with van der Waals surface area (Å²) in [5.74, 6) is 1.63. The molecule has 0 spiro atoms. The molecule has 0 aromatic rings. The summed E-state index contributed by atoms with van der Waals surface area (Å²) < 4.78 is 0. The molecule has 2 aliphatic carbocycles. The fraction of sp³-hybridized carbons (Fsp3) is 1.00. The van der Waals surface area contributed by atoms with E-state index in [1.165, 1.54) is 0 Å². The molecule has 12 heavy (non-hydrogen) atoms. The summed E-state index contributed by atoms with van der Waals surface area (Å²) >= 11 is 0. The van der Waals surface area contributed by atoms with Gasteiger partial charge in [0, 0.05) is 12.5 Å². The van der Waals surface area contributed by atoms with Gasteiger partial charge in [-0.2, -0.15) is 0 Å². The number of aliphatic hydroxyl groups excluding tert-OH is 2. The van der Waals surface area contributed by atoms with Gasteiger partial charge in [0.1, 0.15) is 0 Å². The third-order valence-electron chi connectivity index (χ3n) is 4.12. The van der Waals surface area contributed by atoms with Crippen molar-refractivity contribution < 1.29 is 10.2 Å². The Morgan fingerprint density at radius 1 is 1.25 bits per heavy atom. The quantitative estimate of drug-likeness (QED) is 0.617. The molecule has 0 aromatic carbocycles. The Morgan fingerprint density at radius 3 is 2.42 bits per heavy atom. The molecular weight excluding hydrogens is 152 g/mol. The zero-order valence-corrected chi connectivity index (χ0v) is 7.83. The number of fused-ring (bicyclic) bond motifs is 1. The van der Waals surface area contributed by atoms with E-state index in [1.807, 2.05) is 0 Å². The van der Waals surface area contributed by atoms with Crippen LogP contribution in [0.1, 0.15) is 26.7 Å². The second kappa shape index (κ2) is 2.46. The van der Waals surface area contributed by atoms with Crippen LogP contribution >= 0.6 is 0 Å². The zero-order chi connectivity index (χ0) is 8.93. The molecule has 2 heteroatoms. The van der Waals surface area contributed by atoms with Gasteiger partial charge in [-0.15, -0.1) is 0 Å². The third kappa shape index (κ3) is 1.01. The minimum atomic E-state index is -0.252. The molecule has 0 unspecified atom stereocenters. The van der Waals surface area contributed by atoms with Crippen LogP contribution < -0.4 is 0 Å². The standard InChI is InChI=1S/C10H18O2/c1-10(2)7-3-6(5-11)9(12)4-8(7)10/h6-9,11-12H,3-5H2,1-2H3/t6-,7-,8+,9-/m0/s1. The SMILES string of the molecule is CC1(C)[C@@H]2C[C@H](O)[C@H](CO)C[C@@H]21. The normalized spacial score (nSPS) is 50.0. The number of hydrogen-bond acceptors (Lipinski definition) is 2. The highest BCUT2D eigenvalue weighted by atomic mass is 16.3. The lowest BCUT2D eigenvalue weighted by molar-refractivity contribution is 0.0322. The molecule has 0 radical (unpaired) electrons. The Balaban J connectivity index is 2.03. The van der Waals surface area contributed by atoms with Crippen LogP contribution in [0.2, 0.25) is 0 Å². The van der Waals surface area contributed by atoms with Gasteiger partial charge < -0.3 is 10.2 Å². The molecule has 0 aliphatic heterocycles. The average Bonchev–Trinajstić information content (AvgIpc) is 2.52. The summed E-state index contributed by atoms with van der Waals surface area (Å²) in [4.78, 5) is 0. The van der Waals surface area contributed by atoms with Crippen molar-refractivity contribution in [2.24, 2.45) is 23.2 Å². The smallest absolute Gasteiger partial charge is 0.0593 e. The number of rotatable bonds is 1. The van der Waals surface area contributed by atoms with Crippen LogP contribution in [0.15, 0.2) is 0 Å². The molecule has 70 valence electrons. The van der Waals surface area contributed by atoms with Crippen molar-refractivity contribution in [3.63, 3.8) is 0 Å². The molecule has 0 bridgehead atoms. The first-order valence-corrected chi connectivity index (χ1v) is 4.86. The minimum absolute atomic E-state index is 0.146. The van der Waals surface area contributed by atoms with Gasteiger partial charge in [-0.1, -0.05) is 13.8 Å². The predicted molar refractivity (Wildman–Crippen MR) is 46.6 cm³/mol. The first-order chi connectivity index (χ1) is 5.57. The Labute approximate surface area is 73.6 Å². The molecular formula is C10H18O2. The van der Waals surface area contributed by atoms with Crippen LogP contribution in [-0.4, -0.2) is 22.9 Å². The van der Waals surface area contributed by atoms with E-state index in [4.69, 9.17) is 5.11 Å². The predicted octanol–water partition coefficient (Wildman–Crippen LogP) is 1.02. The Bertz CT molecular complexity index is 188. The monoisotopic (exact) mass is 170 g/mol. The van der Waals surface area contributed by atoms with Crippen molar-refractivity contribution >= 4 is 0 Å². The van der Waals surface area contributed by atoms with Gasteiger partial charge in [0.2, 0.25) is 0 Å². The second-order valence-corrected chi connectivity index (χ2v) is 5.02. The maximum atomic E-state index is 9.64. The Morgan fingerprint density at radius 2 is 1.83 bits per heavy atom. The molecule has 0 amide bonds. The van der Waals surface area contributed by atoms with E-state index in [2.05, 4.69) is 13.8 Å². The van der Waals surface area contributed by atoms with Crippen LogP contribution in [0.3, 0.4) is 0 Å². The molecule has 2 aliphatic rings. The lowest BCUT2D eigenvalue weighted by Gasteiger charge is -2.24. The molecule has 4 atom stereocenters. The van der Waals surface area contributed by atoms with Crippen molar-refractivity contribution in [1.82, 2.24) is 0 Å². The molecule has 2 nitrogen and oxygen atoms in total. The maximum Gasteiger partial charge on any atom is 0.0593 e. The summed E-state index contributed by atoms with van der Waals surface area (Å²) in [6.07, 6.45) is 1.68. The van der Waals surface area contributed by atoms with Gasteiger partial charge in [-0.05, 0) is 30.1 Å². The van der Waals surface area contributed by atoms with E-state index in [0.29, 0.717) is 5.41 Å². The molecule has 2 N–H and O–H groups in total. The summed E-state index contributed by atoms with van der Waals surface area (Å²) in [5, 5.41) is 18.6. The van der Waals surface area contributed by atoms with Crippen molar-refractivity contribution in [1.29, 1.82) is 0 Å². The van der Waals surface area contributed by atoms with Gasteiger partial charge in [0.25, 0.3) is 0 Å². The molecule has 2 saturated carbocycles. The average molecular weight is 170 g/mol. The van der Waals surface area contributed by atoms with Crippen molar-refractivity contribution in [2.75, 3.05) is 6.61 Å². The summed E-state index contributed by atoms with van der Waals surface area (Å²) in [6, 6.07) is 0. The fourth-order valence-corrected chi connectivity index (χ4v) is 2.93. The van der Waals surface area contributed by atoms with Gasteiger partial charge in [-0.25, -0.2) is 0 Å². The van der Waals surface area contributed by atoms with Gasteiger partial charge in [-0.3, -0.25) is 0 Å². The van der Waals surface area contributed by atoms with E-state index in [0.717, 1.165) is 24.7 Å². The van der Waals surface area contributed by atoms with E-state index in [1.54, 1.807) is 0 Å². The summed E-state index contributed by atoms with van der Waals surface area (Å²) in [6.45, 7) is 4.70. The van der Waals surface area contributed by atoms with Crippen LogP contribution in [0.5, 0.6) is 0 Å². The van der Waals surface area contributed by atoms with Crippen LogP contribution in [0.4, 0.5) is 0 Å². The largest absolute Gasteiger partial charge is 0.396 e. The number of aliphatic hydroxyl groups is 2. The maximum absolute atomic E-state index is 9.64. The minimum Gasteiger partial charge on any atom is -0.396 e. The molecule has 2 fully saturated rings. The van der Waals surface area contributed by atoms with Crippen molar-refractivity contribution in [2.45, 2.75) is 32.8 Å². The lowest BCUT2D eigenvalue weighted by Crippen LogP contribution is -2.28. The van der Waals surface area contributed by atoms with Crippen LogP contribution in [0.25, 0.3) is 0 Å². The third-order valence-corrected chi connectivity index (χ3v) is 4.12. The van der Waals surface area contributed by atoms with E-state index >= 15 is 0 Å². The fourth-order valence-electron chi connectivity index (χ4n) is 2.93. The molecule has 0 saturated heterocycles. The second-order valence-electron chi connectivity index (χ2n) is 5.02. The molecule has 0 aromatic heterocycles. The molecule has 0 heterocycles. The Hall–Kier alpha value is -0.0800. The van der Waals surface area contributed by atoms with Crippen LogP contribution in [0, 0.1) is 23.2 Å². The van der Waals surface area contributed by atoms with Gasteiger partial charge in [0.15, 0.2) is 0 Å². The first kappa shape index (κ1) is 8.52. The first-order valence-electron chi connectivity index (χ1n) is 4.86. The van der Waals surface area contributed by atoms with Gasteiger partial charge >= 0.3 is 0 Å². The number of hydrogen-bond donors (Lipinski definition) is 2. The van der Waals surface area contributed by atoms with Crippen molar-refractivity contribution in [3.8, 4) is 0 Å². The highest BCUT2D eigenvalue weighted by Crippen LogP contribution is 2.65. The zero-order valence-electron chi connectivity index (χ0n) is 7.83. The highest BCUT2D eigenvalue weighted by Gasteiger charge is 2.60. The summed E-state index contributed by atoms with van der Waals surface area (Å²) in [5.41, 5.74) is 0.435. The van der Waals surface area contributed by atoms with E-state index < -0.39 is 0 Å². The van der Waals surface area contributed by atoms with E-state index in [9.17, 15) is 5.11 Å².